The Bertz CT molecular complexity index is 1530. The van der Waals surface area contributed by atoms with Gasteiger partial charge in [-0.15, -0.1) is 23.2 Å². The lowest BCUT2D eigenvalue weighted by Crippen LogP contribution is -2.45. The predicted molar refractivity (Wildman–Crippen MR) is 167 cm³/mol. The fraction of sp³-hybridized carbons (Fsp3) is 0.276. The first-order chi connectivity index (χ1) is 19.0. The third-order valence-electron chi connectivity index (χ3n) is 6.67. The number of amides is 3. The third kappa shape index (κ3) is 6.55. The van der Waals surface area contributed by atoms with E-state index in [-0.39, 0.29) is 15.1 Å². The quantitative estimate of drug-likeness (QED) is 0.182. The van der Waals surface area contributed by atoms with E-state index in [1.807, 2.05) is 0 Å². The van der Waals surface area contributed by atoms with Crippen LogP contribution >= 0.6 is 58.0 Å². The Morgan fingerprint density at radius 2 is 1.56 bits per heavy atom. The normalized spacial score (nSPS) is 17.5. The number of anilines is 3. The van der Waals surface area contributed by atoms with Crippen LogP contribution in [0.15, 0.2) is 54.6 Å². The summed E-state index contributed by atoms with van der Waals surface area (Å²) < 4.78 is -1.38. The number of nitrogens with one attached hydrogen (secondary N) is 2. The summed E-state index contributed by atoms with van der Waals surface area (Å²) in [7, 11) is 0. The van der Waals surface area contributed by atoms with Crippen LogP contribution in [-0.2, 0) is 4.79 Å². The second-order valence-electron chi connectivity index (χ2n) is 10.7. The van der Waals surface area contributed by atoms with Gasteiger partial charge in [0.1, 0.15) is 4.33 Å². The summed E-state index contributed by atoms with van der Waals surface area (Å²) >= 11 is 31.2. The van der Waals surface area contributed by atoms with Crippen molar-refractivity contribution in [3.63, 3.8) is 0 Å². The van der Waals surface area contributed by atoms with Crippen molar-refractivity contribution in [3.8, 4) is 0 Å². The molecule has 2 atom stereocenters. The molecule has 216 valence electrons. The maximum absolute atomic E-state index is 13.1. The van der Waals surface area contributed by atoms with Crippen LogP contribution in [0, 0.1) is 12.8 Å². The van der Waals surface area contributed by atoms with E-state index < -0.39 is 39.6 Å². The molecule has 3 amide bonds. The predicted octanol–water partition coefficient (Wildman–Crippen LogP) is 9.02. The number of benzene rings is 3. The van der Waals surface area contributed by atoms with Crippen LogP contribution in [0.1, 0.15) is 48.2 Å². The molecule has 41 heavy (non-hydrogen) atoms. The molecule has 2 unspecified atom stereocenters. The summed E-state index contributed by atoms with van der Waals surface area (Å²) in [5.41, 5.74) is 2.27. The number of alkyl halides is 2. The molecular formula is C29H26Cl5N3O4. The van der Waals surface area contributed by atoms with E-state index in [0.717, 1.165) is 0 Å². The van der Waals surface area contributed by atoms with Crippen LogP contribution in [-0.4, -0.2) is 32.9 Å². The van der Waals surface area contributed by atoms with Gasteiger partial charge < -0.3 is 15.7 Å². The SMILES string of the molecule is Cc1cc(N(C(=O)O)C(C)(C)C)ccc1NC(=O)c1cccc(NC(=O)C2C(c3cc(Cl)c(Cl)c(Cl)c3)C2(Cl)Cl)c1. The van der Waals surface area contributed by atoms with E-state index in [9.17, 15) is 19.5 Å². The van der Waals surface area contributed by atoms with E-state index >= 15 is 0 Å². The van der Waals surface area contributed by atoms with Crippen molar-refractivity contribution >= 4 is 93.0 Å². The molecule has 0 spiro atoms. The highest BCUT2D eigenvalue weighted by atomic mass is 35.5. The monoisotopic (exact) mass is 655 g/mol. The zero-order valence-electron chi connectivity index (χ0n) is 22.4. The van der Waals surface area contributed by atoms with E-state index in [1.165, 1.54) is 11.0 Å². The Morgan fingerprint density at radius 1 is 0.927 bits per heavy atom. The Hall–Kier alpha value is -2.68. The van der Waals surface area contributed by atoms with Crippen molar-refractivity contribution in [1.82, 2.24) is 0 Å². The van der Waals surface area contributed by atoms with Crippen LogP contribution in [0.2, 0.25) is 15.1 Å². The largest absolute Gasteiger partial charge is 0.465 e. The molecule has 3 aromatic rings. The molecule has 7 nitrogen and oxygen atoms in total. The highest BCUT2D eigenvalue weighted by molar-refractivity contribution is 6.54. The molecule has 12 heteroatoms. The van der Waals surface area contributed by atoms with Crippen LogP contribution in [0.4, 0.5) is 21.9 Å². The molecule has 1 aliphatic carbocycles. The second kappa shape index (κ2) is 11.5. The van der Waals surface area contributed by atoms with Gasteiger partial charge in [0.2, 0.25) is 5.91 Å². The molecule has 1 fully saturated rings. The third-order valence-corrected chi connectivity index (χ3v) is 8.81. The summed E-state index contributed by atoms with van der Waals surface area (Å²) in [6, 6.07) is 14.5. The first kappa shape index (κ1) is 31.3. The smallest absolute Gasteiger partial charge is 0.412 e. The fourth-order valence-electron chi connectivity index (χ4n) is 4.69. The number of carboxylic acid groups (broad SMARTS) is 1. The highest BCUT2D eigenvalue weighted by Gasteiger charge is 2.67. The van der Waals surface area contributed by atoms with Gasteiger partial charge in [-0.05, 0) is 87.4 Å². The zero-order valence-corrected chi connectivity index (χ0v) is 26.1. The first-order valence-corrected chi connectivity index (χ1v) is 14.3. The molecule has 0 radical (unpaired) electrons. The van der Waals surface area contributed by atoms with Crippen molar-refractivity contribution in [2.45, 2.75) is 43.5 Å². The highest BCUT2D eigenvalue weighted by Crippen LogP contribution is 2.65. The van der Waals surface area contributed by atoms with E-state index in [0.29, 0.717) is 33.8 Å². The van der Waals surface area contributed by atoms with Crippen molar-refractivity contribution in [2.75, 3.05) is 15.5 Å². The molecule has 3 N–H and O–H groups in total. The molecule has 1 aliphatic rings. The van der Waals surface area contributed by atoms with Crippen LogP contribution < -0.4 is 15.5 Å². The van der Waals surface area contributed by atoms with Crippen molar-refractivity contribution in [3.05, 3.63) is 86.4 Å². The number of halogens is 5. The zero-order chi connectivity index (χ0) is 30.4. The lowest BCUT2D eigenvalue weighted by Gasteiger charge is -2.33. The summed E-state index contributed by atoms with van der Waals surface area (Å²) in [5, 5.41) is 15.9. The number of aryl methyl sites for hydroxylation is 1. The molecular weight excluding hydrogens is 632 g/mol. The Kier molecular flexibility index (Phi) is 8.80. The van der Waals surface area contributed by atoms with Gasteiger partial charge in [0.05, 0.1) is 21.0 Å². The summed E-state index contributed by atoms with van der Waals surface area (Å²) in [5.74, 6) is -2.21. The lowest BCUT2D eigenvalue weighted by atomic mass is 10.0. The molecule has 0 saturated heterocycles. The Labute approximate surface area is 262 Å². The number of nitrogens with zero attached hydrogens (tertiary/aromatic N) is 1. The molecule has 3 aromatic carbocycles. The van der Waals surface area contributed by atoms with Gasteiger partial charge in [0.25, 0.3) is 5.91 Å². The number of hydrogen-bond acceptors (Lipinski definition) is 3. The first-order valence-electron chi connectivity index (χ1n) is 12.4. The van der Waals surface area contributed by atoms with Gasteiger partial charge in [-0.1, -0.05) is 40.9 Å². The van der Waals surface area contributed by atoms with E-state index in [2.05, 4.69) is 10.6 Å². The molecule has 0 aromatic heterocycles. The van der Waals surface area contributed by atoms with Crippen LogP contribution in [0.3, 0.4) is 0 Å². The number of carbonyl (C=O) groups excluding carboxylic acids is 2. The standard InChI is InChI=1S/C29H26Cl5N3O4/c1-14-10-18(37(27(40)41)28(2,3)4)8-9-21(14)36-25(38)15-6-5-7-17(11-15)35-26(39)23-22(29(23,33)34)16-12-19(30)24(32)20(31)13-16/h5-13,22-23H,1-4H3,(H,35,39)(H,36,38)(H,40,41). The van der Waals surface area contributed by atoms with Gasteiger partial charge in [-0.2, -0.15) is 0 Å². The van der Waals surface area contributed by atoms with Crippen molar-refractivity contribution in [2.24, 2.45) is 5.92 Å². The van der Waals surface area contributed by atoms with Gasteiger partial charge in [-0.25, -0.2) is 4.79 Å². The number of hydrogen-bond donors (Lipinski definition) is 3. The molecule has 0 bridgehead atoms. The van der Waals surface area contributed by atoms with Crippen molar-refractivity contribution < 1.29 is 19.5 Å². The van der Waals surface area contributed by atoms with Gasteiger partial charge >= 0.3 is 6.09 Å². The summed E-state index contributed by atoms with van der Waals surface area (Å²) in [4.78, 5) is 39.3. The minimum absolute atomic E-state index is 0.196. The molecule has 0 aliphatic heterocycles. The topological polar surface area (TPSA) is 98.7 Å². The van der Waals surface area contributed by atoms with Crippen molar-refractivity contribution in [1.29, 1.82) is 0 Å². The number of carbonyl (C=O) groups is 3. The number of rotatable bonds is 6. The maximum atomic E-state index is 13.1. The fourth-order valence-corrected chi connectivity index (χ4v) is 6.13. The molecule has 0 heterocycles. The molecule has 1 saturated carbocycles. The summed E-state index contributed by atoms with van der Waals surface area (Å²) in [6.07, 6.45) is -1.08. The van der Waals surface area contributed by atoms with E-state index in [1.54, 1.807) is 76.2 Å². The summed E-state index contributed by atoms with van der Waals surface area (Å²) in [6.45, 7) is 7.16. The minimum Gasteiger partial charge on any atom is -0.465 e. The minimum atomic E-state index is -1.38. The van der Waals surface area contributed by atoms with Crippen LogP contribution in [0.5, 0.6) is 0 Å². The average Bonchev–Trinajstić information content (AvgIpc) is 3.44. The molecule has 4 rings (SSSR count). The average molecular weight is 658 g/mol. The Balaban J connectivity index is 1.47. The van der Waals surface area contributed by atoms with Gasteiger partial charge in [-0.3, -0.25) is 14.5 Å². The van der Waals surface area contributed by atoms with Gasteiger partial charge in [0.15, 0.2) is 0 Å². The van der Waals surface area contributed by atoms with Crippen LogP contribution in [0.25, 0.3) is 0 Å². The lowest BCUT2D eigenvalue weighted by molar-refractivity contribution is -0.117. The maximum Gasteiger partial charge on any atom is 0.412 e. The second-order valence-corrected chi connectivity index (χ2v) is 13.4. The van der Waals surface area contributed by atoms with Gasteiger partial charge in [0, 0.05) is 34.1 Å². The Morgan fingerprint density at radius 3 is 2.12 bits per heavy atom. The van der Waals surface area contributed by atoms with E-state index in [4.69, 9.17) is 58.0 Å².